The molecule has 0 spiro atoms. The number of hydrogen-bond acceptors (Lipinski definition) is 6. The van der Waals surface area contributed by atoms with Gasteiger partial charge in [-0.15, -0.1) is 10.2 Å². The Morgan fingerprint density at radius 3 is 2.90 bits per heavy atom. The summed E-state index contributed by atoms with van der Waals surface area (Å²) < 4.78 is 30.8. The predicted octanol–water partition coefficient (Wildman–Crippen LogP) is 1.93. The fourth-order valence-electron chi connectivity index (χ4n) is 2.85. The maximum atomic E-state index is 14.9. The van der Waals surface area contributed by atoms with E-state index >= 15 is 0 Å². The van der Waals surface area contributed by atoms with Crippen molar-refractivity contribution in [1.29, 1.82) is 0 Å². The highest BCUT2D eigenvalue weighted by atomic mass is 19.1. The molecule has 0 radical (unpaired) electrons. The lowest BCUT2D eigenvalue weighted by Crippen LogP contribution is -2.25. The Labute approximate surface area is 162 Å². The van der Waals surface area contributed by atoms with E-state index in [1.54, 1.807) is 25.1 Å². The molecule has 0 bridgehead atoms. The van der Waals surface area contributed by atoms with E-state index in [0.717, 1.165) is 0 Å². The second-order valence-electron chi connectivity index (χ2n) is 6.18. The van der Waals surface area contributed by atoms with E-state index in [1.807, 2.05) is 0 Å². The normalized spacial score (nSPS) is 11.9. The second-order valence-corrected chi connectivity index (χ2v) is 6.18. The summed E-state index contributed by atoms with van der Waals surface area (Å²) in [4.78, 5) is 14.8. The van der Waals surface area contributed by atoms with Crippen molar-refractivity contribution in [3.8, 4) is 0 Å². The van der Waals surface area contributed by atoms with Crippen molar-refractivity contribution >= 4 is 28.3 Å². The number of hydrazone groups is 1. The zero-order chi connectivity index (χ0) is 20.5. The minimum absolute atomic E-state index is 0.159. The molecule has 0 atom stereocenters. The summed E-state index contributed by atoms with van der Waals surface area (Å²) in [6.07, 6.45) is 1.30. The van der Waals surface area contributed by atoms with Crippen LogP contribution in [0.4, 0.5) is 13.6 Å². The zero-order valence-electron chi connectivity index (χ0n) is 15.1. The fraction of sp³-hybridized carbons (Fsp3) is 0.111. The SMILES string of the molecule is C/C(=N/NC(N)=O)c1ccc2nnc(Cc3c(F)cc4ncccc4c3F)n2n1. The van der Waals surface area contributed by atoms with E-state index in [9.17, 15) is 13.6 Å². The Morgan fingerprint density at radius 2 is 2.10 bits per heavy atom. The molecule has 0 aliphatic rings. The highest BCUT2D eigenvalue weighted by molar-refractivity contribution is 5.97. The number of hydrogen-bond donors (Lipinski definition) is 2. The molecule has 2 amide bonds. The van der Waals surface area contributed by atoms with E-state index < -0.39 is 17.7 Å². The van der Waals surface area contributed by atoms with Crippen LogP contribution in [0.15, 0.2) is 41.6 Å². The molecule has 3 aromatic heterocycles. The Morgan fingerprint density at radius 1 is 1.28 bits per heavy atom. The minimum atomic E-state index is -0.813. The summed E-state index contributed by atoms with van der Waals surface area (Å²) in [7, 11) is 0. The highest BCUT2D eigenvalue weighted by Gasteiger charge is 2.18. The number of carbonyl (C=O) groups excluding carboxylic acids is 1. The smallest absolute Gasteiger partial charge is 0.332 e. The maximum absolute atomic E-state index is 14.9. The van der Waals surface area contributed by atoms with Gasteiger partial charge in [-0.2, -0.15) is 14.7 Å². The van der Waals surface area contributed by atoms with E-state index in [4.69, 9.17) is 5.73 Å². The van der Waals surface area contributed by atoms with E-state index in [2.05, 4.69) is 30.8 Å². The fourth-order valence-corrected chi connectivity index (χ4v) is 2.85. The Balaban J connectivity index is 1.76. The number of halogens is 2. The number of nitrogens with zero attached hydrogens (tertiary/aromatic N) is 6. The van der Waals surface area contributed by atoms with Gasteiger partial charge in [-0.05, 0) is 31.2 Å². The van der Waals surface area contributed by atoms with Crippen molar-refractivity contribution in [2.75, 3.05) is 0 Å². The van der Waals surface area contributed by atoms with Gasteiger partial charge in [0.25, 0.3) is 0 Å². The van der Waals surface area contributed by atoms with Gasteiger partial charge in [0, 0.05) is 29.6 Å². The number of rotatable bonds is 4. The van der Waals surface area contributed by atoms with Crippen LogP contribution in [0.25, 0.3) is 16.6 Å². The molecule has 146 valence electrons. The summed E-state index contributed by atoms with van der Waals surface area (Å²) in [5, 5.41) is 16.3. The molecule has 0 saturated heterocycles. The Hall–Kier alpha value is -4.02. The van der Waals surface area contributed by atoms with Crippen LogP contribution in [0.2, 0.25) is 0 Å². The van der Waals surface area contributed by atoms with Crippen molar-refractivity contribution in [1.82, 2.24) is 30.2 Å². The van der Waals surface area contributed by atoms with Gasteiger partial charge in [0.1, 0.15) is 17.3 Å². The van der Waals surface area contributed by atoms with Gasteiger partial charge in [0.05, 0.1) is 11.2 Å². The Kier molecular flexibility index (Phi) is 4.55. The average molecular weight is 396 g/mol. The number of carbonyl (C=O) groups is 1. The number of primary amides is 1. The first-order chi connectivity index (χ1) is 13.9. The van der Waals surface area contributed by atoms with Gasteiger partial charge < -0.3 is 5.73 Å². The first kappa shape index (κ1) is 18.3. The van der Waals surface area contributed by atoms with Crippen molar-refractivity contribution in [3.63, 3.8) is 0 Å². The van der Waals surface area contributed by atoms with Crippen molar-refractivity contribution in [3.05, 3.63) is 65.2 Å². The molecule has 4 aromatic rings. The van der Waals surface area contributed by atoms with Gasteiger partial charge in [-0.1, -0.05) is 0 Å². The van der Waals surface area contributed by atoms with Gasteiger partial charge in [0.2, 0.25) is 0 Å². The molecule has 29 heavy (non-hydrogen) atoms. The lowest BCUT2D eigenvalue weighted by atomic mass is 10.1. The predicted molar refractivity (Wildman–Crippen MR) is 100 cm³/mol. The Bertz CT molecular complexity index is 1280. The number of nitrogens with two attached hydrogens (primary N) is 1. The zero-order valence-corrected chi connectivity index (χ0v) is 15.1. The molecule has 4 rings (SSSR count). The third-order valence-electron chi connectivity index (χ3n) is 4.26. The quantitative estimate of drug-likeness (QED) is 0.403. The first-order valence-corrected chi connectivity index (χ1v) is 8.47. The number of nitrogens with one attached hydrogen (secondary N) is 1. The summed E-state index contributed by atoms with van der Waals surface area (Å²) in [5.41, 5.74) is 8.34. The van der Waals surface area contributed by atoms with Crippen molar-refractivity contribution < 1.29 is 13.6 Å². The molecule has 0 fully saturated rings. The van der Waals surface area contributed by atoms with Crippen molar-refractivity contribution in [2.45, 2.75) is 13.3 Å². The van der Waals surface area contributed by atoms with Gasteiger partial charge in [-0.25, -0.2) is 19.0 Å². The topological polar surface area (TPSA) is 123 Å². The molecule has 0 unspecified atom stereocenters. The summed E-state index contributed by atoms with van der Waals surface area (Å²) in [6.45, 7) is 1.61. The second kappa shape index (κ2) is 7.19. The molecule has 1 aromatic carbocycles. The monoisotopic (exact) mass is 396 g/mol. The number of urea groups is 1. The number of amides is 2. The highest BCUT2D eigenvalue weighted by Crippen LogP contribution is 2.24. The molecule has 9 nitrogen and oxygen atoms in total. The van der Waals surface area contributed by atoms with Crippen LogP contribution in [0.3, 0.4) is 0 Å². The van der Waals surface area contributed by atoms with E-state index in [1.165, 1.54) is 22.8 Å². The summed E-state index contributed by atoms with van der Waals surface area (Å²) in [5.74, 6) is -1.20. The molecule has 3 heterocycles. The van der Waals surface area contributed by atoms with Gasteiger partial charge in [0.15, 0.2) is 11.5 Å². The maximum Gasteiger partial charge on any atom is 0.332 e. The minimum Gasteiger partial charge on any atom is -0.350 e. The molecular formula is C18H14F2N8O. The molecule has 0 saturated carbocycles. The molecule has 11 heteroatoms. The van der Waals surface area contributed by atoms with Gasteiger partial charge >= 0.3 is 6.03 Å². The van der Waals surface area contributed by atoms with Crippen LogP contribution in [0.5, 0.6) is 0 Å². The van der Waals surface area contributed by atoms with Gasteiger partial charge in [-0.3, -0.25) is 4.98 Å². The summed E-state index contributed by atoms with van der Waals surface area (Å²) >= 11 is 0. The molecule has 3 N–H and O–H groups in total. The number of aromatic nitrogens is 5. The van der Waals surface area contributed by atoms with Crippen molar-refractivity contribution in [2.24, 2.45) is 10.8 Å². The van der Waals surface area contributed by atoms with Crippen LogP contribution in [-0.4, -0.2) is 36.5 Å². The van der Waals surface area contributed by atoms with Crippen LogP contribution in [0, 0.1) is 11.6 Å². The number of pyridine rings is 1. The number of benzene rings is 1. The molecular weight excluding hydrogens is 382 g/mol. The van der Waals surface area contributed by atoms with Crippen LogP contribution in [0.1, 0.15) is 24.0 Å². The largest absolute Gasteiger partial charge is 0.350 e. The lowest BCUT2D eigenvalue weighted by molar-refractivity contribution is 0.249. The third-order valence-corrected chi connectivity index (χ3v) is 4.26. The van der Waals surface area contributed by atoms with E-state index in [0.29, 0.717) is 17.1 Å². The average Bonchev–Trinajstić information content (AvgIpc) is 3.11. The van der Waals surface area contributed by atoms with Crippen LogP contribution >= 0.6 is 0 Å². The number of fused-ring (bicyclic) bond motifs is 2. The lowest BCUT2D eigenvalue weighted by Gasteiger charge is -2.07. The standard InChI is InChI=1S/C18H14F2N8O/c1-9(23-26-18(21)29)13-4-5-15-24-25-16(28(15)27-13)7-11-12(19)8-14-10(17(11)20)3-2-6-22-14/h2-6,8H,7H2,1H3,(H3,21,26,29)/b23-9-. The third kappa shape index (κ3) is 3.45. The molecule has 0 aliphatic heterocycles. The summed E-state index contributed by atoms with van der Waals surface area (Å²) in [6, 6.07) is 6.73. The first-order valence-electron chi connectivity index (χ1n) is 8.47. The van der Waals surface area contributed by atoms with Crippen LogP contribution in [-0.2, 0) is 6.42 Å². The van der Waals surface area contributed by atoms with Crippen LogP contribution < -0.4 is 11.2 Å². The molecule has 0 aliphatic carbocycles. The van der Waals surface area contributed by atoms with E-state index in [-0.39, 0.29) is 28.7 Å².